The van der Waals surface area contributed by atoms with E-state index < -0.39 is 0 Å². The highest BCUT2D eigenvalue weighted by Gasteiger charge is 2.23. The number of rotatable bonds is 5. The minimum atomic E-state index is 0.731. The largest absolute Gasteiger partial charge is 0.330 e. The third kappa shape index (κ3) is 3.43. The van der Waals surface area contributed by atoms with Gasteiger partial charge in [0.15, 0.2) is 0 Å². The highest BCUT2D eigenvalue weighted by atomic mass is 15.2. The molecule has 2 N–H and O–H groups in total. The van der Waals surface area contributed by atoms with Crippen LogP contribution in [-0.2, 0) is 0 Å². The molecule has 1 rings (SSSR count). The Balaban J connectivity index is 2.28. The Morgan fingerprint density at radius 1 is 1.50 bits per heavy atom. The molecule has 0 spiro atoms. The van der Waals surface area contributed by atoms with Crippen LogP contribution in [0.4, 0.5) is 0 Å². The summed E-state index contributed by atoms with van der Waals surface area (Å²) in [5, 5.41) is 0. The Morgan fingerprint density at radius 3 is 2.93 bits per heavy atom. The predicted octanol–water partition coefficient (Wildman–Crippen LogP) is 2.01. The van der Waals surface area contributed by atoms with Crippen molar-refractivity contribution in [2.45, 2.75) is 38.6 Å². The SMILES string of the molecule is C=CCCCN1CC(CN)CCC1C. The first-order valence-electron chi connectivity index (χ1n) is 5.83. The quantitative estimate of drug-likeness (QED) is 0.538. The topological polar surface area (TPSA) is 29.3 Å². The van der Waals surface area contributed by atoms with Gasteiger partial charge in [0.1, 0.15) is 0 Å². The summed E-state index contributed by atoms with van der Waals surface area (Å²) in [6.45, 7) is 9.36. The van der Waals surface area contributed by atoms with E-state index in [-0.39, 0.29) is 0 Å². The molecule has 82 valence electrons. The van der Waals surface area contributed by atoms with Crippen molar-refractivity contribution < 1.29 is 0 Å². The van der Waals surface area contributed by atoms with Gasteiger partial charge in [0.2, 0.25) is 0 Å². The Labute approximate surface area is 88.2 Å². The maximum absolute atomic E-state index is 5.72. The van der Waals surface area contributed by atoms with E-state index in [1.54, 1.807) is 0 Å². The van der Waals surface area contributed by atoms with Gasteiger partial charge in [-0.15, -0.1) is 6.58 Å². The van der Waals surface area contributed by atoms with Gasteiger partial charge in [-0.3, -0.25) is 0 Å². The molecule has 0 bridgehead atoms. The maximum atomic E-state index is 5.72. The Morgan fingerprint density at radius 2 is 2.29 bits per heavy atom. The summed E-state index contributed by atoms with van der Waals surface area (Å²) in [5.74, 6) is 0.731. The monoisotopic (exact) mass is 196 g/mol. The van der Waals surface area contributed by atoms with E-state index in [2.05, 4.69) is 18.4 Å². The van der Waals surface area contributed by atoms with Gasteiger partial charge in [0.25, 0.3) is 0 Å². The summed E-state index contributed by atoms with van der Waals surface area (Å²) in [5.41, 5.74) is 5.72. The zero-order chi connectivity index (χ0) is 10.4. The van der Waals surface area contributed by atoms with Crippen molar-refractivity contribution in [1.29, 1.82) is 0 Å². The maximum Gasteiger partial charge on any atom is 0.00671 e. The first kappa shape index (κ1) is 11.7. The number of piperidine rings is 1. The molecule has 1 saturated heterocycles. The molecule has 2 unspecified atom stereocenters. The second-order valence-electron chi connectivity index (χ2n) is 4.45. The van der Waals surface area contributed by atoms with Crippen LogP contribution in [-0.4, -0.2) is 30.6 Å². The second-order valence-corrected chi connectivity index (χ2v) is 4.45. The van der Waals surface area contributed by atoms with Crippen molar-refractivity contribution in [3.05, 3.63) is 12.7 Å². The zero-order valence-corrected chi connectivity index (χ0v) is 9.41. The summed E-state index contributed by atoms with van der Waals surface area (Å²) >= 11 is 0. The Bertz CT molecular complexity index is 168. The van der Waals surface area contributed by atoms with E-state index in [9.17, 15) is 0 Å². The molecule has 1 aliphatic heterocycles. The Hall–Kier alpha value is -0.340. The summed E-state index contributed by atoms with van der Waals surface area (Å²) in [6, 6.07) is 0.752. The Kier molecular flexibility index (Phi) is 5.20. The molecule has 14 heavy (non-hydrogen) atoms. The molecule has 0 radical (unpaired) electrons. The second kappa shape index (κ2) is 6.20. The molecule has 1 aliphatic rings. The van der Waals surface area contributed by atoms with E-state index >= 15 is 0 Å². The number of allylic oxidation sites excluding steroid dienone is 1. The van der Waals surface area contributed by atoms with Crippen molar-refractivity contribution in [3.63, 3.8) is 0 Å². The van der Waals surface area contributed by atoms with Crippen LogP contribution in [0.2, 0.25) is 0 Å². The lowest BCUT2D eigenvalue weighted by Crippen LogP contribution is -2.44. The van der Waals surface area contributed by atoms with Crippen LogP contribution in [0.15, 0.2) is 12.7 Å². The minimum Gasteiger partial charge on any atom is -0.330 e. The average molecular weight is 196 g/mol. The van der Waals surface area contributed by atoms with Crippen molar-refractivity contribution in [1.82, 2.24) is 4.90 Å². The number of nitrogens with two attached hydrogens (primary N) is 1. The molecule has 2 atom stereocenters. The number of likely N-dealkylation sites (tertiary alicyclic amines) is 1. The summed E-state index contributed by atoms with van der Waals surface area (Å²) in [4.78, 5) is 2.59. The number of hydrogen-bond donors (Lipinski definition) is 1. The van der Waals surface area contributed by atoms with Crippen LogP contribution in [0.25, 0.3) is 0 Å². The van der Waals surface area contributed by atoms with Crippen LogP contribution in [0.3, 0.4) is 0 Å². The molecule has 1 heterocycles. The van der Waals surface area contributed by atoms with Gasteiger partial charge in [-0.25, -0.2) is 0 Å². The van der Waals surface area contributed by atoms with E-state index in [4.69, 9.17) is 5.73 Å². The summed E-state index contributed by atoms with van der Waals surface area (Å²) in [6.07, 6.45) is 7.02. The number of unbranched alkanes of at least 4 members (excludes halogenated alkanes) is 1. The lowest BCUT2D eigenvalue weighted by molar-refractivity contribution is 0.120. The van der Waals surface area contributed by atoms with Crippen molar-refractivity contribution >= 4 is 0 Å². The zero-order valence-electron chi connectivity index (χ0n) is 9.41. The van der Waals surface area contributed by atoms with Gasteiger partial charge in [-0.05, 0) is 51.6 Å². The lowest BCUT2D eigenvalue weighted by atomic mass is 9.93. The normalized spacial score (nSPS) is 29.0. The smallest absolute Gasteiger partial charge is 0.00671 e. The van der Waals surface area contributed by atoms with Crippen molar-refractivity contribution in [3.8, 4) is 0 Å². The van der Waals surface area contributed by atoms with Gasteiger partial charge in [-0.1, -0.05) is 6.08 Å². The van der Waals surface area contributed by atoms with Gasteiger partial charge >= 0.3 is 0 Å². The highest BCUT2D eigenvalue weighted by molar-refractivity contribution is 4.80. The van der Waals surface area contributed by atoms with Crippen LogP contribution >= 0.6 is 0 Å². The lowest BCUT2D eigenvalue weighted by Gasteiger charge is -2.37. The molecule has 0 aromatic carbocycles. The molecular weight excluding hydrogens is 172 g/mol. The van der Waals surface area contributed by atoms with Crippen LogP contribution in [0.5, 0.6) is 0 Å². The highest BCUT2D eigenvalue weighted by Crippen LogP contribution is 2.21. The van der Waals surface area contributed by atoms with Crippen molar-refractivity contribution in [2.75, 3.05) is 19.6 Å². The van der Waals surface area contributed by atoms with Gasteiger partial charge in [0.05, 0.1) is 0 Å². The van der Waals surface area contributed by atoms with E-state index in [1.165, 1.54) is 32.4 Å². The predicted molar refractivity (Wildman–Crippen MR) is 62.2 cm³/mol. The third-order valence-corrected chi connectivity index (χ3v) is 3.30. The van der Waals surface area contributed by atoms with Gasteiger partial charge in [-0.2, -0.15) is 0 Å². The molecular formula is C12H24N2. The first-order valence-corrected chi connectivity index (χ1v) is 5.83. The van der Waals surface area contributed by atoms with Crippen molar-refractivity contribution in [2.24, 2.45) is 11.7 Å². The molecule has 2 heteroatoms. The molecule has 0 saturated carbocycles. The molecule has 2 nitrogen and oxygen atoms in total. The minimum absolute atomic E-state index is 0.731. The van der Waals surface area contributed by atoms with Crippen LogP contribution in [0.1, 0.15) is 32.6 Å². The standard InChI is InChI=1S/C12H24N2/c1-3-4-5-8-14-10-12(9-13)7-6-11(14)2/h3,11-12H,1,4-10,13H2,2H3. The summed E-state index contributed by atoms with van der Waals surface area (Å²) < 4.78 is 0. The molecule has 0 aliphatic carbocycles. The van der Waals surface area contributed by atoms with Crippen LogP contribution < -0.4 is 5.73 Å². The fraction of sp³-hybridized carbons (Fsp3) is 0.833. The van der Waals surface area contributed by atoms with Gasteiger partial charge in [0, 0.05) is 12.6 Å². The average Bonchev–Trinajstić information content (AvgIpc) is 2.21. The summed E-state index contributed by atoms with van der Waals surface area (Å²) in [7, 11) is 0. The number of nitrogens with zero attached hydrogens (tertiary/aromatic N) is 1. The van der Waals surface area contributed by atoms with Gasteiger partial charge < -0.3 is 10.6 Å². The van der Waals surface area contributed by atoms with E-state index in [1.807, 2.05) is 6.08 Å². The fourth-order valence-electron chi connectivity index (χ4n) is 2.21. The molecule has 1 fully saturated rings. The number of hydrogen-bond acceptors (Lipinski definition) is 2. The third-order valence-electron chi connectivity index (χ3n) is 3.30. The first-order chi connectivity index (χ1) is 6.77. The fourth-order valence-corrected chi connectivity index (χ4v) is 2.21. The molecule has 0 aromatic rings. The van der Waals surface area contributed by atoms with E-state index in [0.717, 1.165) is 24.9 Å². The molecule has 0 amide bonds. The van der Waals surface area contributed by atoms with Crippen LogP contribution in [0, 0.1) is 5.92 Å². The van der Waals surface area contributed by atoms with E-state index in [0.29, 0.717) is 0 Å². The molecule has 0 aromatic heterocycles.